The Balaban J connectivity index is 2.41. The lowest BCUT2D eigenvalue weighted by atomic mass is 9.88. The molecule has 0 saturated heterocycles. The highest BCUT2D eigenvalue weighted by Crippen LogP contribution is 2.37. The van der Waals surface area contributed by atoms with E-state index in [0.717, 1.165) is 33.5 Å². The zero-order chi connectivity index (χ0) is 18.4. The minimum absolute atomic E-state index is 0.0950. The van der Waals surface area contributed by atoms with E-state index < -0.39 is 0 Å². The van der Waals surface area contributed by atoms with Crippen LogP contribution in [-0.4, -0.2) is 10.1 Å². The summed E-state index contributed by atoms with van der Waals surface area (Å²) < 4.78 is 0. The summed E-state index contributed by atoms with van der Waals surface area (Å²) in [5.74, 6) is 0. The number of aliphatic hydroxyl groups is 1. The van der Waals surface area contributed by atoms with E-state index in [4.69, 9.17) is 4.98 Å². The fraction of sp³-hybridized carbons (Fsp3) is 0.125. The third-order valence-electron chi connectivity index (χ3n) is 4.45. The molecule has 0 aliphatic heterocycles. The molecule has 1 N–H and O–H groups in total. The summed E-state index contributed by atoms with van der Waals surface area (Å²) in [5, 5.41) is 9.95. The van der Waals surface area contributed by atoms with Crippen molar-refractivity contribution in [2.45, 2.75) is 19.4 Å². The fourth-order valence-corrected chi connectivity index (χ4v) is 3.33. The Morgan fingerprint density at radius 2 is 1.31 bits per heavy atom. The van der Waals surface area contributed by atoms with Crippen LogP contribution in [0, 0.1) is 0 Å². The molecule has 0 saturated carbocycles. The maximum Gasteiger partial charge on any atom is 0.0856 e. The van der Waals surface area contributed by atoms with Gasteiger partial charge >= 0.3 is 0 Å². The molecule has 0 unspecified atom stereocenters. The Labute approximate surface area is 155 Å². The molecule has 0 fully saturated rings. The van der Waals surface area contributed by atoms with Crippen molar-refractivity contribution in [3.05, 3.63) is 103 Å². The van der Waals surface area contributed by atoms with Crippen molar-refractivity contribution in [1.82, 2.24) is 4.98 Å². The van der Waals surface area contributed by atoms with E-state index in [1.807, 2.05) is 48.6 Å². The molecule has 0 atom stereocenters. The molecule has 2 heteroatoms. The van der Waals surface area contributed by atoms with E-state index in [1.165, 1.54) is 0 Å². The minimum atomic E-state index is -0.0950. The number of hydrogen-bond acceptors (Lipinski definition) is 2. The normalized spacial score (nSPS) is 10.5. The summed E-state index contributed by atoms with van der Waals surface area (Å²) in [6, 6.07) is 20.4. The highest BCUT2D eigenvalue weighted by atomic mass is 16.3. The highest BCUT2D eigenvalue weighted by Gasteiger charge is 2.20. The van der Waals surface area contributed by atoms with Gasteiger partial charge in [0.15, 0.2) is 0 Å². The van der Waals surface area contributed by atoms with Crippen LogP contribution in [-0.2, 0) is 19.4 Å². The Bertz CT molecular complexity index is 898. The van der Waals surface area contributed by atoms with Crippen molar-refractivity contribution < 1.29 is 5.11 Å². The Kier molecular flexibility index (Phi) is 5.77. The number of rotatable bonds is 7. The molecule has 0 spiro atoms. The maximum absolute atomic E-state index is 9.95. The molecular weight excluding hydrogens is 318 g/mol. The first-order valence-corrected chi connectivity index (χ1v) is 8.78. The minimum Gasteiger partial charge on any atom is -0.390 e. The van der Waals surface area contributed by atoms with Gasteiger partial charge in [0.1, 0.15) is 0 Å². The molecule has 3 aromatic rings. The number of allylic oxidation sites excluding steroid dienone is 2. The standard InChI is InChI=1S/C24H23NO/c1-3-11-20-21(12-4-2)23(18-13-7-5-8-14-18)24(25-22(20)17-26)19-15-9-6-10-16-19/h3-10,13-16,26H,1-2,11-12,17H2. The summed E-state index contributed by atoms with van der Waals surface area (Å²) in [6.07, 6.45) is 5.15. The van der Waals surface area contributed by atoms with Gasteiger partial charge in [-0.1, -0.05) is 72.8 Å². The van der Waals surface area contributed by atoms with Crippen LogP contribution in [0.3, 0.4) is 0 Å². The summed E-state index contributed by atoms with van der Waals surface area (Å²) in [6.45, 7) is 7.73. The number of nitrogens with zero attached hydrogens (tertiary/aromatic N) is 1. The maximum atomic E-state index is 9.95. The van der Waals surface area contributed by atoms with E-state index in [2.05, 4.69) is 37.4 Å². The average Bonchev–Trinajstić information content (AvgIpc) is 2.70. The van der Waals surface area contributed by atoms with Gasteiger partial charge in [0.25, 0.3) is 0 Å². The summed E-state index contributed by atoms with van der Waals surface area (Å²) in [5.41, 5.74) is 7.06. The molecule has 3 rings (SSSR count). The summed E-state index contributed by atoms with van der Waals surface area (Å²) in [7, 11) is 0. The van der Waals surface area contributed by atoms with E-state index in [9.17, 15) is 5.11 Å². The van der Waals surface area contributed by atoms with E-state index in [0.29, 0.717) is 18.5 Å². The number of hydrogen-bond donors (Lipinski definition) is 1. The Morgan fingerprint density at radius 3 is 1.85 bits per heavy atom. The van der Waals surface area contributed by atoms with Crippen molar-refractivity contribution in [1.29, 1.82) is 0 Å². The van der Waals surface area contributed by atoms with Gasteiger partial charge in [-0.05, 0) is 29.5 Å². The van der Waals surface area contributed by atoms with Gasteiger partial charge in [0, 0.05) is 11.1 Å². The quantitative estimate of drug-likeness (QED) is 0.586. The average molecular weight is 341 g/mol. The highest BCUT2D eigenvalue weighted by molar-refractivity contribution is 5.84. The number of aliphatic hydroxyl groups excluding tert-OH is 1. The summed E-state index contributed by atoms with van der Waals surface area (Å²) in [4.78, 5) is 4.87. The van der Waals surface area contributed by atoms with E-state index in [1.54, 1.807) is 0 Å². The van der Waals surface area contributed by atoms with E-state index >= 15 is 0 Å². The topological polar surface area (TPSA) is 33.1 Å². The molecule has 0 aliphatic carbocycles. The van der Waals surface area contributed by atoms with Crippen molar-refractivity contribution in [2.75, 3.05) is 0 Å². The van der Waals surface area contributed by atoms with E-state index in [-0.39, 0.29) is 6.61 Å². The first kappa shape index (κ1) is 17.8. The first-order chi connectivity index (χ1) is 12.8. The van der Waals surface area contributed by atoms with Crippen molar-refractivity contribution in [2.24, 2.45) is 0 Å². The molecule has 130 valence electrons. The molecule has 0 bridgehead atoms. The molecule has 1 heterocycles. The van der Waals surface area contributed by atoms with Crippen LogP contribution < -0.4 is 0 Å². The molecular formula is C24H23NO. The smallest absolute Gasteiger partial charge is 0.0856 e. The van der Waals surface area contributed by atoms with Gasteiger partial charge < -0.3 is 5.11 Å². The summed E-state index contributed by atoms with van der Waals surface area (Å²) >= 11 is 0. The van der Waals surface area contributed by atoms with Gasteiger partial charge in [-0.3, -0.25) is 0 Å². The lowest BCUT2D eigenvalue weighted by molar-refractivity contribution is 0.275. The molecule has 0 radical (unpaired) electrons. The molecule has 1 aromatic heterocycles. The van der Waals surface area contributed by atoms with Gasteiger partial charge in [-0.25, -0.2) is 4.98 Å². The van der Waals surface area contributed by atoms with Crippen LogP contribution in [0.15, 0.2) is 86.0 Å². The SMILES string of the molecule is C=CCc1c(CO)nc(-c2ccccc2)c(-c2ccccc2)c1CC=C. The van der Waals surface area contributed by atoms with Crippen molar-refractivity contribution >= 4 is 0 Å². The van der Waals surface area contributed by atoms with Crippen LogP contribution in [0.4, 0.5) is 0 Å². The second-order valence-corrected chi connectivity index (χ2v) is 6.11. The predicted octanol–water partition coefficient (Wildman–Crippen LogP) is 5.36. The van der Waals surface area contributed by atoms with Crippen LogP contribution in [0.5, 0.6) is 0 Å². The molecule has 2 nitrogen and oxygen atoms in total. The first-order valence-electron chi connectivity index (χ1n) is 8.78. The monoisotopic (exact) mass is 341 g/mol. The molecule has 0 aliphatic rings. The third-order valence-corrected chi connectivity index (χ3v) is 4.45. The van der Waals surface area contributed by atoms with Gasteiger partial charge in [0.2, 0.25) is 0 Å². The zero-order valence-electron chi connectivity index (χ0n) is 14.9. The Hall–Kier alpha value is -2.97. The fourth-order valence-electron chi connectivity index (χ4n) is 3.33. The lowest BCUT2D eigenvalue weighted by Gasteiger charge is -2.20. The van der Waals surface area contributed by atoms with Gasteiger partial charge in [-0.2, -0.15) is 0 Å². The molecule has 0 amide bonds. The zero-order valence-corrected chi connectivity index (χ0v) is 14.9. The van der Waals surface area contributed by atoms with Gasteiger partial charge in [0.05, 0.1) is 18.0 Å². The van der Waals surface area contributed by atoms with Crippen molar-refractivity contribution in [3.8, 4) is 22.4 Å². The Morgan fingerprint density at radius 1 is 0.769 bits per heavy atom. The number of benzene rings is 2. The second kappa shape index (κ2) is 8.41. The van der Waals surface area contributed by atoms with Crippen LogP contribution in [0.25, 0.3) is 22.4 Å². The third kappa shape index (κ3) is 3.51. The molecule has 2 aromatic carbocycles. The van der Waals surface area contributed by atoms with Gasteiger partial charge in [-0.15, -0.1) is 13.2 Å². The van der Waals surface area contributed by atoms with Crippen molar-refractivity contribution in [3.63, 3.8) is 0 Å². The number of pyridine rings is 1. The number of aromatic nitrogens is 1. The second-order valence-electron chi connectivity index (χ2n) is 6.11. The lowest BCUT2D eigenvalue weighted by Crippen LogP contribution is -2.07. The molecule has 26 heavy (non-hydrogen) atoms. The van der Waals surface area contributed by atoms with Crippen LogP contribution >= 0.6 is 0 Å². The predicted molar refractivity (Wildman–Crippen MR) is 109 cm³/mol. The van der Waals surface area contributed by atoms with Crippen LogP contribution in [0.1, 0.15) is 16.8 Å². The van der Waals surface area contributed by atoms with Crippen LogP contribution in [0.2, 0.25) is 0 Å². The largest absolute Gasteiger partial charge is 0.390 e.